The maximum absolute atomic E-state index is 5.40. The second kappa shape index (κ2) is 4.80. The minimum atomic E-state index is 0.629. The predicted molar refractivity (Wildman–Crippen MR) is 63.3 cm³/mol. The Morgan fingerprint density at radius 1 is 1.20 bits per heavy atom. The molecule has 0 atom stereocenters. The van der Waals surface area contributed by atoms with Crippen molar-refractivity contribution in [3.05, 3.63) is 35.4 Å². The van der Waals surface area contributed by atoms with E-state index in [4.69, 9.17) is 4.74 Å². The van der Waals surface area contributed by atoms with Gasteiger partial charge in [-0.25, -0.2) is 0 Å². The number of rotatable bonds is 2. The molecule has 1 aliphatic heterocycles. The van der Waals surface area contributed by atoms with E-state index < -0.39 is 0 Å². The van der Waals surface area contributed by atoms with Gasteiger partial charge in [0.05, 0.1) is 0 Å². The van der Waals surface area contributed by atoms with Crippen molar-refractivity contribution >= 4 is 0 Å². The van der Waals surface area contributed by atoms with E-state index >= 15 is 0 Å². The zero-order valence-electron chi connectivity index (χ0n) is 9.70. The lowest BCUT2D eigenvalue weighted by molar-refractivity contribution is 0.0853. The normalized spacial score (nSPS) is 18.3. The van der Waals surface area contributed by atoms with Crippen LogP contribution in [0.2, 0.25) is 0 Å². The molecule has 15 heavy (non-hydrogen) atoms. The van der Waals surface area contributed by atoms with E-state index in [-0.39, 0.29) is 0 Å². The monoisotopic (exact) mass is 204 g/mol. The molecule has 0 unspecified atom stereocenters. The Hall–Kier alpha value is -0.820. The molecule has 0 bridgehead atoms. The lowest BCUT2D eigenvalue weighted by atomic mass is 9.89. The largest absolute Gasteiger partial charge is 0.381 e. The smallest absolute Gasteiger partial charge is 0.0471 e. The molecule has 1 heterocycles. The molecule has 1 fully saturated rings. The van der Waals surface area contributed by atoms with E-state index in [0.29, 0.717) is 5.92 Å². The van der Waals surface area contributed by atoms with Crippen LogP contribution in [0.3, 0.4) is 0 Å². The molecule has 0 aromatic heterocycles. The van der Waals surface area contributed by atoms with Gasteiger partial charge in [-0.05, 0) is 35.8 Å². The van der Waals surface area contributed by atoms with Gasteiger partial charge >= 0.3 is 0 Å². The Morgan fingerprint density at radius 2 is 1.93 bits per heavy atom. The van der Waals surface area contributed by atoms with Gasteiger partial charge < -0.3 is 4.74 Å². The first-order valence-corrected chi connectivity index (χ1v) is 5.95. The molecule has 1 aromatic carbocycles. The fourth-order valence-electron chi connectivity index (χ4n) is 2.20. The predicted octanol–water partition coefficient (Wildman–Crippen LogP) is 3.70. The summed E-state index contributed by atoms with van der Waals surface area (Å²) in [6, 6.07) is 9.07. The summed E-state index contributed by atoms with van der Waals surface area (Å²) in [5.41, 5.74) is 2.96. The molecular formula is C14H20O. The summed E-state index contributed by atoms with van der Waals surface area (Å²) in [5.74, 6) is 1.35. The van der Waals surface area contributed by atoms with Gasteiger partial charge in [0.2, 0.25) is 0 Å². The molecule has 0 aliphatic carbocycles. The zero-order chi connectivity index (χ0) is 10.7. The third-order valence-electron chi connectivity index (χ3n) is 3.27. The number of hydrogen-bond acceptors (Lipinski definition) is 1. The summed E-state index contributed by atoms with van der Waals surface area (Å²) in [7, 11) is 0. The Bertz CT molecular complexity index is 311. The van der Waals surface area contributed by atoms with Crippen molar-refractivity contribution in [3.63, 3.8) is 0 Å². The van der Waals surface area contributed by atoms with Gasteiger partial charge in [-0.3, -0.25) is 0 Å². The van der Waals surface area contributed by atoms with Crippen molar-refractivity contribution < 1.29 is 4.74 Å². The van der Waals surface area contributed by atoms with Crippen LogP contribution in [0.25, 0.3) is 0 Å². The second-order valence-corrected chi connectivity index (χ2v) is 4.71. The van der Waals surface area contributed by atoms with Crippen LogP contribution in [0.15, 0.2) is 24.3 Å². The van der Waals surface area contributed by atoms with Crippen LogP contribution in [0.1, 0.15) is 49.7 Å². The van der Waals surface area contributed by atoms with Crippen LogP contribution in [0, 0.1) is 0 Å². The third kappa shape index (κ3) is 2.60. The van der Waals surface area contributed by atoms with Crippen molar-refractivity contribution in [2.45, 2.75) is 38.5 Å². The SMILES string of the molecule is CC(C)c1cccc(C2CCOCC2)c1. The molecular weight excluding hydrogens is 184 g/mol. The quantitative estimate of drug-likeness (QED) is 0.713. The van der Waals surface area contributed by atoms with Crippen LogP contribution in [0.5, 0.6) is 0 Å². The highest BCUT2D eigenvalue weighted by molar-refractivity contribution is 5.28. The fourth-order valence-corrected chi connectivity index (χ4v) is 2.20. The van der Waals surface area contributed by atoms with Crippen LogP contribution in [0.4, 0.5) is 0 Å². The van der Waals surface area contributed by atoms with Crippen molar-refractivity contribution in [2.24, 2.45) is 0 Å². The van der Waals surface area contributed by atoms with Crippen molar-refractivity contribution in [3.8, 4) is 0 Å². The first-order chi connectivity index (χ1) is 7.27. The van der Waals surface area contributed by atoms with Gasteiger partial charge in [0.15, 0.2) is 0 Å². The van der Waals surface area contributed by atoms with Gasteiger partial charge in [-0.1, -0.05) is 38.1 Å². The van der Waals surface area contributed by atoms with Crippen LogP contribution in [-0.4, -0.2) is 13.2 Å². The van der Waals surface area contributed by atoms with Gasteiger partial charge in [-0.2, -0.15) is 0 Å². The van der Waals surface area contributed by atoms with E-state index in [2.05, 4.69) is 38.1 Å². The van der Waals surface area contributed by atoms with E-state index in [1.54, 1.807) is 0 Å². The molecule has 0 radical (unpaired) electrons. The third-order valence-corrected chi connectivity index (χ3v) is 3.27. The minimum Gasteiger partial charge on any atom is -0.381 e. The molecule has 1 nitrogen and oxygen atoms in total. The molecule has 0 spiro atoms. The second-order valence-electron chi connectivity index (χ2n) is 4.71. The number of hydrogen-bond donors (Lipinski definition) is 0. The average Bonchev–Trinajstić information content (AvgIpc) is 2.30. The Morgan fingerprint density at radius 3 is 2.60 bits per heavy atom. The van der Waals surface area contributed by atoms with Gasteiger partial charge in [0, 0.05) is 13.2 Å². The lowest BCUT2D eigenvalue weighted by Gasteiger charge is -2.23. The topological polar surface area (TPSA) is 9.23 Å². The van der Waals surface area contributed by atoms with Crippen molar-refractivity contribution in [1.29, 1.82) is 0 Å². The molecule has 0 N–H and O–H groups in total. The Labute approximate surface area is 92.5 Å². The van der Waals surface area contributed by atoms with Gasteiger partial charge in [0.1, 0.15) is 0 Å². The highest BCUT2D eigenvalue weighted by Crippen LogP contribution is 2.28. The van der Waals surface area contributed by atoms with Crippen LogP contribution in [-0.2, 0) is 4.74 Å². The molecule has 1 heteroatoms. The summed E-state index contributed by atoms with van der Waals surface area (Å²) < 4.78 is 5.40. The first kappa shape index (κ1) is 10.7. The molecule has 2 rings (SSSR count). The summed E-state index contributed by atoms with van der Waals surface area (Å²) in [5, 5.41) is 0. The molecule has 0 amide bonds. The average molecular weight is 204 g/mol. The van der Waals surface area contributed by atoms with E-state index in [1.807, 2.05) is 0 Å². The standard InChI is InChI=1S/C14H20O/c1-11(2)13-4-3-5-14(10-13)12-6-8-15-9-7-12/h3-5,10-12H,6-9H2,1-2H3. The first-order valence-electron chi connectivity index (χ1n) is 5.95. The lowest BCUT2D eigenvalue weighted by Crippen LogP contribution is -2.14. The summed E-state index contributed by atoms with van der Waals surface area (Å²) >= 11 is 0. The van der Waals surface area contributed by atoms with E-state index in [9.17, 15) is 0 Å². The number of benzene rings is 1. The summed E-state index contributed by atoms with van der Waals surface area (Å²) in [4.78, 5) is 0. The maximum atomic E-state index is 5.40. The van der Waals surface area contributed by atoms with Gasteiger partial charge in [-0.15, -0.1) is 0 Å². The molecule has 1 saturated heterocycles. The Kier molecular flexibility index (Phi) is 3.42. The van der Waals surface area contributed by atoms with E-state index in [1.165, 1.54) is 24.0 Å². The van der Waals surface area contributed by atoms with Crippen molar-refractivity contribution in [1.82, 2.24) is 0 Å². The molecule has 82 valence electrons. The molecule has 1 aromatic rings. The van der Waals surface area contributed by atoms with Crippen molar-refractivity contribution in [2.75, 3.05) is 13.2 Å². The van der Waals surface area contributed by atoms with E-state index in [0.717, 1.165) is 19.1 Å². The molecule has 1 aliphatic rings. The number of ether oxygens (including phenoxy) is 1. The van der Waals surface area contributed by atoms with Crippen LogP contribution < -0.4 is 0 Å². The zero-order valence-corrected chi connectivity index (χ0v) is 9.70. The highest BCUT2D eigenvalue weighted by atomic mass is 16.5. The summed E-state index contributed by atoms with van der Waals surface area (Å²) in [6.45, 7) is 6.36. The molecule has 0 saturated carbocycles. The minimum absolute atomic E-state index is 0.629. The highest BCUT2D eigenvalue weighted by Gasteiger charge is 2.16. The van der Waals surface area contributed by atoms with Gasteiger partial charge in [0.25, 0.3) is 0 Å². The summed E-state index contributed by atoms with van der Waals surface area (Å²) in [6.07, 6.45) is 2.36. The Balaban J connectivity index is 2.16. The maximum Gasteiger partial charge on any atom is 0.0471 e. The van der Waals surface area contributed by atoms with Crippen LogP contribution >= 0.6 is 0 Å². The fraction of sp³-hybridized carbons (Fsp3) is 0.571.